The van der Waals surface area contributed by atoms with E-state index in [4.69, 9.17) is 11.5 Å². The molecule has 32 heavy (non-hydrogen) atoms. The summed E-state index contributed by atoms with van der Waals surface area (Å²) in [6.45, 7) is 4.49. The van der Waals surface area contributed by atoms with Gasteiger partial charge in [-0.2, -0.15) is 5.43 Å². The first kappa shape index (κ1) is 20.0. The third-order valence-corrected chi connectivity index (χ3v) is 7.84. The molecule has 1 aromatic carbocycles. The highest BCUT2D eigenvalue weighted by molar-refractivity contribution is 5.95. The van der Waals surface area contributed by atoms with Gasteiger partial charge in [0.15, 0.2) is 0 Å². The Morgan fingerprint density at radius 2 is 1.78 bits per heavy atom. The SMILES string of the molecule is NC1=NC(N)(c2ccc(N3CCN(C4CC5CCC4C5)CC3)cc2)NN1c1ccccn1. The van der Waals surface area contributed by atoms with Gasteiger partial charge >= 0.3 is 0 Å². The van der Waals surface area contributed by atoms with Gasteiger partial charge in [-0.15, -0.1) is 0 Å². The van der Waals surface area contributed by atoms with Crippen molar-refractivity contribution in [3.05, 3.63) is 54.2 Å². The van der Waals surface area contributed by atoms with Crippen LogP contribution < -0.4 is 26.8 Å². The number of hydrogen-bond donors (Lipinski definition) is 3. The number of aliphatic imine (C=N–C) groups is 1. The lowest BCUT2D eigenvalue weighted by molar-refractivity contribution is 0.135. The van der Waals surface area contributed by atoms with E-state index in [1.165, 1.54) is 31.4 Å². The molecule has 8 nitrogen and oxygen atoms in total. The third kappa shape index (κ3) is 3.43. The van der Waals surface area contributed by atoms with E-state index in [9.17, 15) is 0 Å². The molecule has 2 saturated carbocycles. The smallest absolute Gasteiger partial charge is 0.215 e. The maximum atomic E-state index is 6.58. The van der Waals surface area contributed by atoms with E-state index in [1.54, 1.807) is 11.2 Å². The molecular formula is C24H32N8. The fourth-order valence-electron chi connectivity index (χ4n) is 6.17. The lowest BCUT2D eigenvalue weighted by Crippen LogP contribution is -2.53. The molecule has 8 heteroatoms. The number of fused-ring (bicyclic) bond motifs is 2. The maximum absolute atomic E-state index is 6.58. The van der Waals surface area contributed by atoms with E-state index in [2.05, 4.69) is 37.3 Å². The molecule has 0 amide bonds. The average molecular weight is 433 g/mol. The van der Waals surface area contributed by atoms with Crippen LogP contribution in [0, 0.1) is 11.8 Å². The van der Waals surface area contributed by atoms with Crippen molar-refractivity contribution in [2.75, 3.05) is 36.1 Å². The quantitative estimate of drug-likeness (QED) is 0.678. The standard InChI is InChI=1S/C24H32N8/c25-23-28-24(26,29-32(23)22-3-1-2-10-27-22)19-6-8-20(9-7-19)30-11-13-31(14-12-30)21-16-17-4-5-18(21)15-17/h1-3,6-10,17-18,21,29H,4-5,11-16,26H2,(H2,25,28). The molecule has 6 rings (SSSR count). The molecule has 168 valence electrons. The molecule has 2 aliphatic carbocycles. The van der Waals surface area contributed by atoms with Gasteiger partial charge in [0.2, 0.25) is 11.7 Å². The summed E-state index contributed by atoms with van der Waals surface area (Å²) in [7, 11) is 0. The van der Waals surface area contributed by atoms with E-state index in [-0.39, 0.29) is 0 Å². The number of hydrazine groups is 1. The number of benzene rings is 1. The molecule has 3 fully saturated rings. The van der Waals surface area contributed by atoms with Gasteiger partial charge in [-0.05, 0) is 55.4 Å². The Morgan fingerprint density at radius 3 is 2.44 bits per heavy atom. The third-order valence-electron chi connectivity index (χ3n) is 7.84. The van der Waals surface area contributed by atoms with Crippen LogP contribution in [0.5, 0.6) is 0 Å². The molecule has 2 aliphatic heterocycles. The number of hydrogen-bond acceptors (Lipinski definition) is 8. The van der Waals surface area contributed by atoms with Crippen molar-refractivity contribution in [3.8, 4) is 0 Å². The van der Waals surface area contributed by atoms with Gasteiger partial charge in [0.1, 0.15) is 5.82 Å². The van der Waals surface area contributed by atoms with Crippen molar-refractivity contribution < 1.29 is 0 Å². The van der Waals surface area contributed by atoms with E-state index < -0.39 is 5.79 Å². The summed E-state index contributed by atoms with van der Waals surface area (Å²) in [6.07, 6.45) is 7.56. The molecule has 2 bridgehead atoms. The van der Waals surface area contributed by atoms with Crippen molar-refractivity contribution in [2.45, 2.75) is 37.5 Å². The number of piperazine rings is 1. The van der Waals surface area contributed by atoms with Gasteiger partial charge in [-0.25, -0.2) is 15.0 Å². The zero-order valence-corrected chi connectivity index (χ0v) is 18.4. The first-order chi connectivity index (χ1) is 15.6. The molecular weight excluding hydrogens is 400 g/mol. The van der Waals surface area contributed by atoms with Gasteiger partial charge < -0.3 is 10.6 Å². The molecule has 4 aliphatic rings. The van der Waals surface area contributed by atoms with Crippen molar-refractivity contribution in [3.63, 3.8) is 0 Å². The fourth-order valence-corrected chi connectivity index (χ4v) is 6.17. The Hall–Kier alpha value is -2.68. The predicted molar refractivity (Wildman–Crippen MR) is 127 cm³/mol. The van der Waals surface area contributed by atoms with Crippen LogP contribution >= 0.6 is 0 Å². The maximum Gasteiger partial charge on any atom is 0.215 e. The Balaban J connectivity index is 1.11. The Kier molecular flexibility index (Phi) is 4.82. The van der Waals surface area contributed by atoms with Gasteiger partial charge in [0.25, 0.3) is 0 Å². The van der Waals surface area contributed by atoms with Crippen molar-refractivity contribution in [2.24, 2.45) is 28.3 Å². The Bertz CT molecular complexity index is 985. The Morgan fingerprint density at radius 1 is 0.969 bits per heavy atom. The summed E-state index contributed by atoms with van der Waals surface area (Å²) in [6, 6.07) is 14.8. The van der Waals surface area contributed by atoms with Crippen molar-refractivity contribution in [1.82, 2.24) is 15.3 Å². The minimum absolute atomic E-state index is 0.298. The predicted octanol–water partition coefficient (Wildman–Crippen LogP) is 1.80. The summed E-state index contributed by atoms with van der Waals surface area (Å²) in [5, 5.41) is 1.63. The molecule has 1 saturated heterocycles. The minimum atomic E-state index is -1.11. The van der Waals surface area contributed by atoms with Crippen LogP contribution in [0.15, 0.2) is 53.7 Å². The van der Waals surface area contributed by atoms with E-state index in [0.717, 1.165) is 49.6 Å². The monoisotopic (exact) mass is 432 g/mol. The first-order valence-electron chi connectivity index (χ1n) is 11.8. The molecule has 4 unspecified atom stereocenters. The molecule has 5 N–H and O–H groups in total. The Labute approximate surface area is 189 Å². The largest absolute Gasteiger partial charge is 0.369 e. The van der Waals surface area contributed by atoms with Crippen LogP contribution in [-0.2, 0) is 5.79 Å². The number of guanidine groups is 1. The van der Waals surface area contributed by atoms with Crippen LogP contribution in [0.2, 0.25) is 0 Å². The molecule has 0 radical (unpaired) electrons. The number of nitrogens with one attached hydrogen (secondary N) is 1. The van der Waals surface area contributed by atoms with Gasteiger partial charge in [0.05, 0.1) is 0 Å². The normalized spacial score (nSPS) is 32.5. The number of nitrogens with zero attached hydrogens (tertiary/aromatic N) is 5. The van der Waals surface area contributed by atoms with E-state index in [0.29, 0.717) is 11.8 Å². The second-order valence-corrected chi connectivity index (χ2v) is 9.68. The lowest BCUT2D eigenvalue weighted by Gasteiger charge is -2.42. The van der Waals surface area contributed by atoms with Crippen LogP contribution in [0.4, 0.5) is 11.5 Å². The van der Waals surface area contributed by atoms with E-state index in [1.807, 2.05) is 30.3 Å². The van der Waals surface area contributed by atoms with Gasteiger partial charge in [-0.1, -0.05) is 24.6 Å². The average Bonchev–Trinajstić information content (AvgIpc) is 3.55. The topological polar surface area (TPSA) is 99.0 Å². The second-order valence-electron chi connectivity index (χ2n) is 9.68. The number of rotatable bonds is 4. The molecule has 3 heterocycles. The van der Waals surface area contributed by atoms with Crippen molar-refractivity contribution in [1.29, 1.82) is 0 Å². The van der Waals surface area contributed by atoms with Crippen LogP contribution in [0.3, 0.4) is 0 Å². The first-order valence-corrected chi connectivity index (χ1v) is 11.8. The molecule has 0 spiro atoms. The van der Waals surface area contributed by atoms with Gasteiger partial charge in [-0.3, -0.25) is 10.6 Å². The van der Waals surface area contributed by atoms with Gasteiger partial charge in [0, 0.05) is 49.7 Å². The number of aromatic nitrogens is 1. The molecule has 4 atom stereocenters. The second kappa shape index (κ2) is 7.72. The number of pyridine rings is 1. The van der Waals surface area contributed by atoms with Crippen LogP contribution in [-0.4, -0.2) is 48.1 Å². The van der Waals surface area contributed by atoms with Crippen LogP contribution in [0.25, 0.3) is 0 Å². The zero-order chi connectivity index (χ0) is 21.7. The highest BCUT2D eigenvalue weighted by atomic mass is 15.7. The number of nitrogens with two attached hydrogens (primary N) is 2. The zero-order valence-electron chi connectivity index (χ0n) is 18.4. The minimum Gasteiger partial charge on any atom is -0.369 e. The summed E-state index contributed by atoms with van der Waals surface area (Å²) in [5.74, 6) is 1.82. The summed E-state index contributed by atoms with van der Waals surface area (Å²) < 4.78 is 0. The fraction of sp³-hybridized carbons (Fsp3) is 0.500. The van der Waals surface area contributed by atoms with E-state index >= 15 is 0 Å². The van der Waals surface area contributed by atoms with Crippen LogP contribution in [0.1, 0.15) is 31.2 Å². The lowest BCUT2D eigenvalue weighted by atomic mass is 9.93. The van der Waals surface area contributed by atoms with Crippen molar-refractivity contribution >= 4 is 17.5 Å². The summed E-state index contributed by atoms with van der Waals surface area (Å²) in [5.41, 5.74) is 18.0. The summed E-state index contributed by atoms with van der Waals surface area (Å²) >= 11 is 0. The highest BCUT2D eigenvalue weighted by Crippen LogP contribution is 2.46. The summed E-state index contributed by atoms with van der Waals surface area (Å²) in [4.78, 5) is 14.1. The molecule has 2 aromatic rings. The molecule has 1 aromatic heterocycles. The number of anilines is 2. The highest BCUT2D eigenvalue weighted by Gasteiger charge is 2.43.